The highest BCUT2D eigenvalue weighted by Gasteiger charge is 2.19. The Labute approximate surface area is 135 Å². The SMILES string of the molecule is O=c1[nH]c(CN2CCc3ccccc32)nc2ccc(Br)cc12. The van der Waals surface area contributed by atoms with Crippen molar-refractivity contribution in [3.63, 3.8) is 0 Å². The quantitative estimate of drug-likeness (QED) is 0.767. The zero-order valence-electron chi connectivity index (χ0n) is 11.8. The molecule has 110 valence electrons. The fourth-order valence-corrected chi connectivity index (χ4v) is 3.35. The molecule has 4 nitrogen and oxygen atoms in total. The number of para-hydroxylation sites is 1. The summed E-state index contributed by atoms with van der Waals surface area (Å²) in [7, 11) is 0. The first-order valence-electron chi connectivity index (χ1n) is 7.22. The maximum atomic E-state index is 12.2. The standard InChI is InChI=1S/C17H14BrN3O/c18-12-5-6-14-13(9-12)17(22)20-16(19-14)10-21-8-7-11-3-1-2-4-15(11)21/h1-6,9H,7-8,10H2,(H,19,20,22). The van der Waals surface area contributed by atoms with Crippen molar-refractivity contribution in [1.82, 2.24) is 9.97 Å². The highest BCUT2D eigenvalue weighted by molar-refractivity contribution is 9.10. The van der Waals surface area contributed by atoms with Gasteiger partial charge in [-0.1, -0.05) is 34.1 Å². The molecule has 4 rings (SSSR count). The number of nitrogens with one attached hydrogen (secondary N) is 1. The fraction of sp³-hybridized carbons (Fsp3) is 0.176. The first-order valence-corrected chi connectivity index (χ1v) is 8.01. The molecule has 2 heterocycles. The Morgan fingerprint density at radius 3 is 3.00 bits per heavy atom. The van der Waals surface area contributed by atoms with Crippen LogP contribution in [0.4, 0.5) is 5.69 Å². The van der Waals surface area contributed by atoms with Gasteiger partial charge in [0.05, 0.1) is 17.4 Å². The number of hydrogen-bond acceptors (Lipinski definition) is 3. The molecule has 1 aromatic heterocycles. The first kappa shape index (κ1) is 13.5. The van der Waals surface area contributed by atoms with E-state index in [9.17, 15) is 4.79 Å². The minimum Gasteiger partial charge on any atom is -0.364 e. The Morgan fingerprint density at radius 1 is 1.23 bits per heavy atom. The molecule has 0 aliphatic carbocycles. The first-order chi connectivity index (χ1) is 10.7. The molecule has 0 fully saturated rings. The van der Waals surface area contributed by atoms with E-state index in [1.165, 1.54) is 11.3 Å². The van der Waals surface area contributed by atoms with Gasteiger partial charge in [0.15, 0.2) is 0 Å². The topological polar surface area (TPSA) is 49.0 Å². The smallest absolute Gasteiger partial charge is 0.258 e. The molecule has 1 aliphatic rings. The highest BCUT2D eigenvalue weighted by Crippen LogP contribution is 2.28. The van der Waals surface area contributed by atoms with Crippen molar-refractivity contribution >= 4 is 32.5 Å². The van der Waals surface area contributed by atoms with Crippen molar-refractivity contribution in [2.45, 2.75) is 13.0 Å². The van der Waals surface area contributed by atoms with Gasteiger partial charge in [-0.25, -0.2) is 4.98 Å². The summed E-state index contributed by atoms with van der Waals surface area (Å²) in [5.74, 6) is 0.705. The normalized spacial score (nSPS) is 13.6. The molecule has 2 aromatic carbocycles. The summed E-state index contributed by atoms with van der Waals surface area (Å²) >= 11 is 3.39. The van der Waals surface area contributed by atoms with Crippen molar-refractivity contribution in [2.24, 2.45) is 0 Å². The van der Waals surface area contributed by atoms with Crippen molar-refractivity contribution in [3.05, 3.63) is 68.7 Å². The predicted octanol–water partition coefficient (Wildman–Crippen LogP) is 3.25. The van der Waals surface area contributed by atoms with Gasteiger partial charge in [0.25, 0.3) is 5.56 Å². The van der Waals surface area contributed by atoms with Crippen LogP contribution in [0.2, 0.25) is 0 Å². The fourth-order valence-electron chi connectivity index (χ4n) is 2.99. The molecule has 5 heteroatoms. The lowest BCUT2D eigenvalue weighted by Gasteiger charge is -2.18. The van der Waals surface area contributed by atoms with E-state index in [2.05, 4.69) is 49.0 Å². The Morgan fingerprint density at radius 2 is 2.09 bits per heavy atom. The summed E-state index contributed by atoms with van der Waals surface area (Å²) in [5.41, 5.74) is 3.24. The molecule has 0 spiro atoms. The Kier molecular flexibility index (Phi) is 3.22. The second-order valence-electron chi connectivity index (χ2n) is 5.47. The van der Waals surface area contributed by atoms with Gasteiger partial charge in [-0.15, -0.1) is 0 Å². The summed E-state index contributed by atoms with van der Waals surface area (Å²) in [5, 5.41) is 0.611. The minimum absolute atomic E-state index is 0.0891. The van der Waals surface area contributed by atoms with E-state index in [1.807, 2.05) is 18.2 Å². The molecule has 0 unspecified atom stereocenters. The maximum absolute atomic E-state index is 12.2. The summed E-state index contributed by atoms with van der Waals surface area (Å²) in [6, 6.07) is 14.0. The van der Waals surface area contributed by atoms with Gasteiger partial charge in [-0.3, -0.25) is 4.79 Å². The summed E-state index contributed by atoms with van der Waals surface area (Å²) < 4.78 is 0.883. The number of fused-ring (bicyclic) bond motifs is 2. The van der Waals surface area contributed by atoms with Crippen molar-refractivity contribution in [2.75, 3.05) is 11.4 Å². The van der Waals surface area contributed by atoms with E-state index < -0.39 is 0 Å². The minimum atomic E-state index is -0.0891. The second kappa shape index (κ2) is 5.25. The number of benzene rings is 2. The molecule has 0 bridgehead atoms. The van der Waals surface area contributed by atoms with Crippen LogP contribution in [-0.4, -0.2) is 16.5 Å². The van der Waals surface area contributed by atoms with Crippen LogP contribution >= 0.6 is 15.9 Å². The monoisotopic (exact) mass is 355 g/mol. The Bertz CT molecular complexity index is 919. The number of aromatic nitrogens is 2. The van der Waals surface area contributed by atoms with E-state index in [0.29, 0.717) is 17.8 Å². The average molecular weight is 356 g/mol. The predicted molar refractivity (Wildman–Crippen MR) is 91.3 cm³/mol. The molecule has 3 aromatic rings. The van der Waals surface area contributed by atoms with E-state index >= 15 is 0 Å². The molecule has 0 saturated heterocycles. The number of anilines is 1. The van der Waals surface area contributed by atoms with Gasteiger partial charge in [-0.2, -0.15) is 0 Å². The van der Waals surface area contributed by atoms with Gasteiger partial charge in [-0.05, 0) is 36.2 Å². The molecule has 0 saturated carbocycles. The van der Waals surface area contributed by atoms with E-state index in [-0.39, 0.29) is 5.56 Å². The van der Waals surface area contributed by atoms with Crippen molar-refractivity contribution in [1.29, 1.82) is 0 Å². The molecular formula is C17H14BrN3O. The molecule has 22 heavy (non-hydrogen) atoms. The summed E-state index contributed by atoms with van der Waals surface area (Å²) in [6.45, 7) is 1.58. The van der Waals surface area contributed by atoms with Crippen LogP contribution in [0, 0.1) is 0 Å². The van der Waals surface area contributed by atoms with E-state index in [0.717, 1.165) is 23.0 Å². The van der Waals surface area contributed by atoms with Gasteiger partial charge in [0.1, 0.15) is 5.82 Å². The second-order valence-corrected chi connectivity index (χ2v) is 6.39. The van der Waals surface area contributed by atoms with Gasteiger partial charge in [0.2, 0.25) is 0 Å². The van der Waals surface area contributed by atoms with Crippen LogP contribution in [0.25, 0.3) is 10.9 Å². The lowest BCUT2D eigenvalue weighted by molar-refractivity contribution is 0.787. The highest BCUT2D eigenvalue weighted by atomic mass is 79.9. The third-order valence-electron chi connectivity index (χ3n) is 4.04. The lowest BCUT2D eigenvalue weighted by atomic mass is 10.2. The molecule has 1 aliphatic heterocycles. The van der Waals surface area contributed by atoms with Gasteiger partial charge in [0, 0.05) is 16.7 Å². The molecule has 1 N–H and O–H groups in total. The van der Waals surface area contributed by atoms with Crippen LogP contribution in [-0.2, 0) is 13.0 Å². The van der Waals surface area contributed by atoms with Crippen molar-refractivity contribution in [3.8, 4) is 0 Å². The van der Waals surface area contributed by atoms with E-state index in [1.54, 1.807) is 6.07 Å². The molecule has 0 atom stereocenters. The third kappa shape index (κ3) is 2.31. The van der Waals surface area contributed by atoms with Crippen LogP contribution < -0.4 is 10.5 Å². The number of halogens is 1. The largest absolute Gasteiger partial charge is 0.364 e. The maximum Gasteiger partial charge on any atom is 0.258 e. The Balaban J connectivity index is 1.71. The van der Waals surface area contributed by atoms with Crippen LogP contribution in [0.3, 0.4) is 0 Å². The number of H-pyrrole nitrogens is 1. The number of rotatable bonds is 2. The zero-order valence-corrected chi connectivity index (χ0v) is 13.4. The van der Waals surface area contributed by atoms with Crippen LogP contribution in [0.15, 0.2) is 51.7 Å². The Hall–Kier alpha value is -2.14. The van der Waals surface area contributed by atoms with E-state index in [4.69, 9.17) is 0 Å². The summed E-state index contributed by atoms with van der Waals surface area (Å²) in [6.07, 6.45) is 1.04. The van der Waals surface area contributed by atoms with Crippen molar-refractivity contribution < 1.29 is 0 Å². The van der Waals surface area contributed by atoms with Crippen LogP contribution in [0.1, 0.15) is 11.4 Å². The zero-order chi connectivity index (χ0) is 15.1. The molecule has 0 radical (unpaired) electrons. The number of hydrogen-bond donors (Lipinski definition) is 1. The number of nitrogens with zero attached hydrogens (tertiary/aromatic N) is 2. The van der Waals surface area contributed by atoms with Gasteiger partial charge < -0.3 is 9.88 Å². The lowest BCUT2D eigenvalue weighted by Crippen LogP contribution is -2.23. The molecule has 0 amide bonds. The summed E-state index contributed by atoms with van der Waals surface area (Å²) in [4.78, 5) is 22.0. The number of aromatic amines is 1. The average Bonchev–Trinajstić information content (AvgIpc) is 2.92. The molecular weight excluding hydrogens is 342 g/mol. The third-order valence-corrected chi connectivity index (χ3v) is 4.53. The van der Waals surface area contributed by atoms with Crippen LogP contribution in [0.5, 0.6) is 0 Å². The van der Waals surface area contributed by atoms with Gasteiger partial charge >= 0.3 is 0 Å².